The third kappa shape index (κ3) is 6.60. The molecule has 42 heavy (non-hydrogen) atoms. The number of hydrogen-bond acceptors (Lipinski definition) is 8. The monoisotopic (exact) mass is 625 g/mol. The van der Waals surface area contributed by atoms with E-state index in [1.165, 1.54) is 37.5 Å². The largest absolute Gasteiger partial charge is 0.452 e. The summed E-state index contributed by atoms with van der Waals surface area (Å²) in [4.78, 5) is 43.3. The third-order valence-corrected chi connectivity index (χ3v) is 6.08. The first-order valence-corrected chi connectivity index (χ1v) is 12.5. The summed E-state index contributed by atoms with van der Waals surface area (Å²) < 4.78 is 44.6. The maximum atomic E-state index is 13.6. The fraction of sp³-hybridized carbons (Fsp3) is 0.208. The highest BCUT2D eigenvalue weighted by atomic mass is 35.5. The van der Waals surface area contributed by atoms with Crippen LogP contribution in [-0.2, 0) is 17.5 Å². The number of ether oxygens (including phenoxy) is 1. The zero-order valence-electron chi connectivity index (χ0n) is 21.9. The van der Waals surface area contributed by atoms with Crippen LogP contribution in [0.2, 0.25) is 10.0 Å². The van der Waals surface area contributed by atoms with Crippen LogP contribution in [0.25, 0.3) is 5.82 Å². The van der Waals surface area contributed by atoms with Crippen molar-refractivity contribution in [1.82, 2.24) is 40.2 Å². The Morgan fingerprint density at radius 1 is 1.12 bits per heavy atom. The molecular formula is C24H20Cl2F3N9O4. The van der Waals surface area contributed by atoms with Crippen molar-refractivity contribution in [3.05, 3.63) is 81.0 Å². The number of methoxy groups -OCH3 is 1. The molecule has 3 aromatic heterocycles. The van der Waals surface area contributed by atoms with E-state index < -0.39 is 29.8 Å². The summed E-state index contributed by atoms with van der Waals surface area (Å²) in [6.45, 7) is 1.25. The summed E-state index contributed by atoms with van der Waals surface area (Å²) >= 11 is 12.5. The standard InChI is InChI=1S/C24H20Cl2F3N9O4/c1-12-7-13(25)8-15(21(39)35-36(2)23(41)42-3)19(12)32-22(40)17-9-14(11-37-31-10-18(34-37)24(27,28)29)33-38(17)20-16(26)5-4-6-30-20/h4-10H,11H2,1-3H3,(H,32,40)(H,35,39). The maximum absolute atomic E-state index is 13.6. The minimum Gasteiger partial charge on any atom is -0.452 e. The van der Waals surface area contributed by atoms with Crippen LogP contribution in [-0.4, -0.2) is 66.8 Å². The molecule has 3 amide bonds. The average molecular weight is 626 g/mol. The number of aryl methyl sites for hydroxylation is 1. The van der Waals surface area contributed by atoms with Crippen molar-refractivity contribution < 1.29 is 32.3 Å². The molecule has 0 saturated heterocycles. The molecule has 0 fully saturated rings. The number of amides is 3. The molecule has 2 N–H and O–H groups in total. The van der Waals surface area contributed by atoms with Gasteiger partial charge >= 0.3 is 12.3 Å². The first-order valence-electron chi connectivity index (χ1n) is 11.7. The average Bonchev–Trinajstić information content (AvgIpc) is 3.57. The van der Waals surface area contributed by atoms with Crippen LogP contribution in [0.15, 0.2) is 42.7 Å². The van der Waals surface area contributed by atoms with E-state index in [-0.39, 0.29) is 45.0 Å². The molecule has 0 aliphatic carbocycles. The van der Waals surface area contributed by atoms with Crippen molar-refractivity contribution in [3.8, 4) is 5.82 Å². The van der Waals surface area contributed by atoms with Gasteiger partial charge in [0.15, 0.2) is 11.5 Å². The number of nitrogens with zero attached hydrogens (tertiary/aromatic N) is 7. The number of carbonyl (C=O) groups excluding carboxylic acids is 3. The number of benzene rings is 1. The third-order valence-electron chi connectivity index (χ3n) is 5.56. The summed E-state index contributed by atoms with van der Waals surface area (Å²) in [6, 6.07) is 7.12. The molecule has 0 unspecified atom stereocenters. The van der Waals surface area contributed by atoms with Crippen molar-refractivity contribution in [2.75, 3.05) is 19.5 Å². The van der Waals surface area contributed by atoms with Crippen molar-refractivity contribution >= 4 is 46.8 Å². The Kier molecular flexibility index (Phi) is 8.67. The minimum atomic E-state index is -4.70. The van der Waals surface area contributed by atoms with E-state index in [0.29, 0.717) is 11.8 Å². The van der Waals surface area contributed by atoms with E-state index in [1.807, 2.05) is 0 Å². The van der Waals surface area contributed by atoms with Crippen molar-refractivity contribution in [2.24, 2.45) is 0 Å². The summed E-state index contributed by atoms with van der Waals surface area (Å²) in [6.07, 6.45) is -3.59. The molecule has 4 rings (SSSR count). The van der Waals surface area contributed by atoms with Gasteiger partial charge in [0.25, 0.3) is 11.8 Å². The van der Waals surface area contributed by atoms with Gasteiger partial charge in [-0.3, -0.25) is 15.0 Å². The van der Waals surface area contributed by atoms with Gasteiger partial charge in [-0.05, 0) is 42.8 Å². The lowest BCUT2D eigenvalue weighted by Crippen LogP contribution is -2.43. The first kappa shape index (κ1) is 30.3. The number of aromatic nitrogens is 6. The van der Waals surface area contributed by atoms with Gasteiger partial charge < -0.3 is 10.1 Å². The molecule has 1 aromatic carbocycles. The number of halogens is 5. The fourth-order valence-corrected chi connectivity index (χ4v) is 4.15. The number of rotatable bonds is 6. The van der Waals surface area contributed by atoms with E-state index >= 15 is 0 Å². The normalized spacial score (nSPS) is 11.2. The van der Waals surface area contributed by atoms with Crippen LogP contribution in [0, 0.1) is 6.92 Å². The Morgan fingerprint density at radius 2 is 1.86 bits per heavy atom. The number of alkyl halides is 3. The summed E-state index contributed by atoms with van der Waals surface area (Å²) in [5.74, 6) is -1.54. The van der Waals surface area contributed by atoms with Crippen LogP contribution >= 0.6 is 23.2 Å². The lowest BCUT2D eigenvalue weighted by Gasteiger charge is -2.19. The predicted molar refractivity (Wildman–Crippen MR) is 142 cm³/mol. The molecule has 18 heteroatoms. The highest BCUT2D eigenvalue weighted by Crippen LogP contribution is 2.28. The van der Waals surface area contributed by atoms with E-state index in [1.54, 1.807) is 13.0 Å². The fourth-order valence-electron chi connectivity index (χ4n) is 3.67. The summed E-state index contributed by atoms with van der Waals surface area (Å²) in [7, 11) is 2.38. The minimum absolute atomic E-state index is 0.0464. The Hall–Kier alpha value is -4.70. The smallest absolute Gasteiger partial charge is 0.436 e. The van der Waals surface area contributed by atoms with Crippen molar-refractivity contribution in [2.45, 2.75) is 19.6 Å². The molecule has 0 aliphatic heterocycles. The van der Waals surface area contributed by atoms with Gasteiger partial charge in [0, 0.05) is 18.3 Å². The molecule has 0 spiro atoms. The second kappa shape index (κ2) is 12.0. The Morgan fingerprint density at radius 3 is 2.50 bits per heavy atom. The number of nitrogens with one attached hydrogen (secondary N) is 2. The molecule has 0 bridgehead atoms. The summed E-state index contributed by atoms with van der Waals surface area (Å²) in [5, 5.41) is 15.0. The van der Waals surface area contributed by atoms with E-state index in [0.717, 1.165) is 21.6 Å². The Labute approximate surface area is 245 Å². The van der Waals surface area contributed by atoms with Crippen LogP contribution in [0.4, 0.5) is 23.7 Å². The summed E-state index contributed by atoms with van der Waals surface area (Å²) in [5.41, 5.74) is 1.42. The molecule has 3 heterocycles. The van der Waals surface area contributed by atoms with E-state index in [9.17, 15) is 27.6 Å². The molecule has 0 radical (unpaired) electrons. The van der Waals surface area contributed by atoms with Crippen LogP contribution < -0.4 is 10.7 Å². The molecule has 0 atom stereocenters. The highest BCUT2D eigenvalue weighted by Gasteiger charge is 2.34. The van der Waals surface area contributed by atoms with Crippen molar-refractivity contribution in [1.29, 1.82) is 0 Å². The Bertz CT molecular complexity index is 1670. The van der Waals surface area contributed by atoms with E-state index in [4.69, 9.17) is 23.2 Å². The number of anilines is 1. The first-order chi connectivity index (χ1) is 19.8. The van der Waals surface area contributed by atoms with Crippen LogP contribution in [0.5, 0.6) is 0 Å². The lowest BCUT2D eigenvalue weighted by molar-refractivity contribution is -0.141. The van der Waals surface area contributed by atoms with Gasteiger partial charge in [0.05, 0.1) is 35.3 Å². The van der Waals surface area contributed by atoms with Gasteiger partial charge in [-0.2, -0.15) is 28.2 Å². The van der Waals surface area contributed by atoms with Gasteiger partial charge in [-0.25, -0.2) is 19.5 Å². The zero-order valence-corrected chi connectivity index (χ0v) is 23.4. The Balaban J connectivity index is 1.72. The van der Waals surface area contributed by atoms with Crippen LogP contribution in [0.1, 0.15) is 37.8 Å². The highest BCUT2D eigenvalue weighted by molar-refractivity contribution is 6.32. The van der Waals surface area contributed by atoms with Crippen molar-refractivity contribution in [3.63, 3.8) is 0 Å². The SMILES string of the molecule is COC(=O)N(C)NC(=O)c1cc(Cl)cc(C)c1NC(=O)c1cc(Cn2ncc(C(F)(F)F)n2)nn1-c1ncccc1Cl. The quantitative estimate of drug-likeness (QED) is 0.304. The van der Waals surface area contributed by atoms with Gasteiger partial charge in [-0.15, -0.1) is 5.10 Å². The molecular weight excluding hydrogens is 606 g/mol. The van der Waals surface area contributed by atoms with Gasteiger partial charge in [-0.1, -0.05) is 23.2 Å². The number of pyridine rings is 1. The maximum Gasteiger partial charge on any atom is 0.436 e. The topological polar surface area (TPSA) is 149 Å². The molecule has 0 aliphatic rings. The molecule has 4 aromatic rings. The second-order valence-electron chi connectivity index (χ2n) is 8.57. The van der Waals surface area contributed by atoms with Crippen LogP contribution in [0.3, 0.4) is 0 Å². The van der Waals surface area contributed by atoms with Gasteiger partial charge in [0.1, 0.15) is 12.2 Å². The second-order valence-corrected chi connectivity index (χ2v) is 9.41. The predicted octanol–water partition coefficient (Wildman–Crippen LogP) is 4.14. The van der Waals surface area contributed by atoms with E-state index in [2.05, 4.69) is 35.8 Å². The number of carbonyl (C=O) groups is 3. The molecule has 13 nitrogen and oxygen atoms in total. The lowest BCUT2D eigenvalue weighted by atomic mass is 10.1. The van der Waals surface area contributed by atoms with Gasteiger partial charge in [0.2, 0.25) is 0 Å². The number of hydrogen-bond donors (Lipinski definition) is 2. The molecule has 0 saturated carbocycles. The number of hydrazine groups is 1. The zero-order chi connectivity index (χ0) is 30.8. The molecule has 220 valence electrons.